The van der Waals surface area contributed by atoms with Crippen LogP contribution in [0.25, 0.3) is 21.5 Å². The molecular formula is C27H23F4N5O4S. The molecule has 4 aromatic rings. The van der Waals surface area contributed by atoms with E-state index in [1.165, 1.54) is 38.3 Å². The predicted molar refractivity (Wildman–Crippen MR) is 143 cm³/mol. The number of rotatable bonds is 7. The van der Waals surface area contributed by atoms with Gasteiger partial charge in [0.1, 0.15) is 46.5 Å². The Bertz CT molecular complexity index is 1680. The lowest BCUT2D eigenvalue weighted by Gasteiger charge is -2.24. The number of halogens is 4. The quantitative estimate of drug-likeness (QED) is 0.273. The van der Waals surface area contributed by atoms with Gasteiger partial charge < -0.3 is 26.3 Å². The molecule has 41 heavy (non-hydrogen) atoms. The van der Waals surface area contributed by atoms with E-state index in [0.29, 0.717) is 10.2 Å². The third-order valence-corrected chi connectivity index (χ3v) is 7.76. The molecule has 2 atom stereocenters. The number of primary amides is 1. The second-order valence-electron chi connectivity index (χ2n) is 9.65. The molecule has 0 saturated carbocycles. The number of carbonyl (C=O) groups is 2. The molecule has 214 valence electrons. The van der Waals surface area contributed by atoms with Gasteiger partial charge >= 0.3 is 6.18 Å². The molecule has 0 unspecified atom stereocenters. The molecule has 5 rings (SSSR count). The van der Waals surface area contributed by atoms with Crippen LogP contribution >= 0.6 is 11.3 Å². The van der Waals surface area contributed by atoms with Gasteiger partial charge in [0.25, 0.3) is 5.91 Å². The maximum absolute atomic E-state index is 14.5. The van der Waals surface area contributed by atoms with E-state index in [2.05, 4.69) is 15.3 Å². The third-order valence-electron chi connectivity index (χ3n) is 6.93. The second-order valence-corrected chi connectivity index (χ2v) is 10.7. The first kappa shape index (κ1) is 28.1. The van der Waals surface area contributed by atoms with Gasteiger partial charge in [-0.15, -0.1) is 0 Å². The summed E-state index contributed by atoms with van der Waals surface area (Å²) in [6.07, 6.45) is -4.86. The van der Waals surface area contributed by atoms with Crippen LogP contribution < -0.4 is 26.3 Å². The number of alkyl halides is 3. The minimum absolute atomic E-state index is 0.0129. The van der Waals surface area contributed by atoms with E-state index in [1.54, 1.807) is 0 Å². The number of anilines is 1. The standard InChI is InChI=1S/C27H23F4N5O4S/c1-26(24(32)38)11-40-22-15(26)9-17(35-20(22)12-3-5-14(28)6-4-12)16(27(29,30)31)10-34-23(37)13-7-18(39-2)21-19(8-13)41-25(33)36-21/h3-9,16H,10-11H2,1-2H3,(H2,32,38)(H2,33,36)(H,34,37)/t16-,26+/m1/s1. The highest BCUT2D eigenvalue weighted by Gasteiger charge is 2.47. The van der Waals surface area contributed by atoms with Crippen molar-refractivity contribution >= 4 is 38.5 Å². The molecule has 2 aromatic carbocycles. The van der Waals surface area contributed by atoms with Crippen molar-refractivity contribution in [2.75, 3.05) is 26.0 Å². The van der Waals surface area contributed by atoms with Crippen LogP contribution in [0.3, 0.4) is 0 Å². The number of carbonyl (C=O) groups excluding carboxylic acids is 2. The molecule has 3 heterocycles. The van der Waals surface area contributed by atoms with Crippen molar-refractivity contribution in [1.82, 2.24) is 15.3 Å². The number of hydrogen-bond donors (Lipinski definition) is 3. The fourth-order valence-corrected chi connectivity index (χ4v) is 5.37. The topological polar surface area (TPSA) is 142 Å². The van der Waals surface area contributed by atoms with Gasteiger partial charge in [0.2, 0.25) is 5.91 Å². The van der Waals surface area contributed by atoms with Crippen molar-refractivity contribution in [2.45, 2.75) is 24.4 Å². The molecule has 0 radical (unpaired) electrons. The Labute approximate surface area is 234 Å². The van der Waals surface area contributed by atoms with Gasteiger partial charge in [0.05, 0.1) is 17.5 Å². The number of pyridine rings is 1. The van der Waals surface area contributed by atoms with Gasteiger partial charge in [-0.3, -0.25) is 9.59 Å². The van der Waals surface area contributed by atoms with Gasteiger partial charge in [-0.2, -0.15) is 13.2 Å². The zero-order chi connectivity index (χ0) is 29.7. The van der Waals surface area contributed by atoms with E-state index in [4.69, 9.17) is 20.9 Å². The van der Waals surface area contributed by atoms with Crippen LogP contribution in [0.4, 0.5) is 22.7 Å². The Morgan fingerprint density at radius 1 is 1.20 bits per heavy atom. The number of nitrogen functional groups attached to an aromatic ring is 1. The third kappa shape index (κ3) is 5.10. The molecule has 9 nitrogen and oxygen atoms in total. The molecule has 0 bridgehead atoms. The van der Waals surface area contributed by atoms with Crippen molar-refractivity contribution in [2.24, 2.45) is 5.73 Å². The number of thiazole rings is 1. The summed E-state index contributed by atoms with van der Waals surface area (Å²) < 4.78 is 68.5. The predicted octanol–water partition coefficient (Wildman–Crippen LogP) is 4.30. The monoisotopic (exact) mass is 589 g/mol. The summed E-state index contributed by atoms with van der Waals surface area (Å²) >= 11 is 1.10. The van der Waals surface area contributed by atoms with E-state index in [-0.39, 0.29) is 45.6 Å². The van der Waals surface area contributed by atoms with Crippen LogP contribution in [0.15, 0.2) is 42.5 Å². The van der Waals surface area contributed by atoms with Crippen molar-refractivity contribution in [1.29, 1.82) is 0 Å². The van der Waals surface area contributed by atoms with Crippen LogP contribution in [-0.2, 0) is 10.2 Å². The van der Waals surface area contributed by atoms with Crippen molar-refractivity contribution < 1.29 is 36.6 Å². The smallest absolute Gasteiger partial charge is 0.398 e. The first-order valence-corrected chi connectivity index (χ1v) is 13.0. The molecule has 2 amide bonds. The van der Waals surface area contributed by atoms with Gasteiger partial charge in [0.15, 0.2) is 5.13 Å². The number of hydrogen-bond acceptors (Lipinski definition) is 8. The average molecular weight is 590 g/mol. The molecule has 0 spiro atoms. The highest BCUT2D eigenvalue weighted by molar-refractivity contribution is 7.22. The molecule has 0 saturated heterocycles. The van der Waals surface area contributed by atoms with Crippen LogP contribution in [-0.4, -0.2) is 48.2 Å². The Morgan fingerprint density at radius 2 is 1.90 bits per heavy atom. The first-order chi connectivity index (χ1) is 19.3. The first-order valence-electron chi connectivity index (χ1n) is 12.1. The lowest BCUT2D eigenvalue weighted by atomic mass is 9.82. The highest BCUT2D eigenvalue weighted by atomic mass is 32.1. The van der Waals surface area contributed by atoms with Crippen LogP contribution in [0.1, 0.15) is 34.5 Å². The zero-order valence-electron chi connectivity index (χ0n) is 21.6. The molecule has 1 aliphatic heterocycles. The minimum atomic E-state index is -4.86. The SMILES string of the molecule is COc1cc(C(=O)NC[C@H](c2cc3c(c(-c4ccc(F)cc4)n2)OC[C@]3(C)C(N)=O)C(F)(F)F)cc2sc(N)nc12. The summed E-state index contributed by atoms with van der Waals surface area (Å²) in [6, 6.07) is 8.87. The Kier molecular flexibility index (Phi) is 6.97. The summed E-state index contributed by atoms with van der Waals surface area (Å²) in [4.78, 5) is 33.7. The maximum atomic E-state index is 14.5. The second kappa shape index (κ2) is 10.2. The largest absolute Gasteiger partial charge is 0.494 e. The fraction of sp³-hybridized carbons (Fsp3) is 0.259. The van der Waals surface area contributed by atoms with Gasteiger partial charge in [0, 0.05) is 23.2 Å². The van der Waals surface area contributed by atoms with Crippen molar-refractivity contribution in [3.8, 4) is 22.8 Å². The lowest BCUT2D eigenvalue weighted by Crippen LogP contribution is -2.40. The van der Waals surface area contributed by atoms with Gasteiger partial charge in [-0.05, 0) is 49.4 Å². The van der Waals surface area contributed by atoms with E-state index >= 15 is 0 Å². The summed E-state index contributed by atoms with van der Waals surface area (Å²) in [5.41, 5.74) is 10.3. The van der Waals surface area contributed by atoms with Gasteiger partial charge in [-0.1, -0.05) is 11.3 Å². The Balaban J connectivity index is 1.54. The molecule has 2 aromatic heterocycles. The number of ether oxygens (including phenoxy) is 2. The number of nitrogens with two attached hydrogens (primary N) is 2. The fourth-order valence-electron chi connectivity index (χ4n) is 4.58. The van der Waals surface area contributed by atoms with Crippen LogP contribution in [0.2, 0.25) is 0 Å². The lowest BCUT2D eigenvalue weighted by molar-refractivity contribution is -0.149. The maximum Gasteiger partial charge on any atom is 0.398 e. The van der Waals surface area contributed by atoms with E-state index in [1.807, 2.05) is 0 Å². The highest BCUT2D eigenvalue weighted by Crippen LogP contribution is 2.46. The molecule has 0 aliphatic carbocycles. The molecule has 0 fully saturated rings. The zero-order valence-corrected chi connectivity index (χ0v) is 22.5. The Hall–Kier alpha value is -4.46. The number of fused-ring (bicyclic) bond motifs is 2. The number of aromatic nitrogens is 2. The van der Waals surface area contributed by atoms with Crippen molar-refractivity contribution in [3.05, 3.63) is 65.1 Å². The number of methoxy groups -OCH3 is 1. The van der Waals surface area contributed by atoms with E-state index in [0.717, 1.165) is 29.5 Å². The molecule has 1 aliphatic rings. The van der Waals surface area contributed by atoms with Crippen LogP contribution in [0.5, 0.6) is 11.5 Å². The molecule has 5 N–H and O–H groups in total. The van der Waals surface area contributed by atoms with Crippen molar-refractivity contribution in [3.63, 3.8) is 0 Å². The molecular weight excluding hydrogens is 566 g/mol. The summed E-state index contributed by atoms with van der Waals surface area (Å²) in [5.74, 6) is -4.12. The summed E-state index contributed by atoms with van der Waals surface area (Å²) in [5, 5.41) is 2.57. The van der Waals surface area contributed by atoms with E-state index in [9.17, 15) is 27.2 Å². The number of nitrogens with zero attached hydrogens (tertiary/aromatic N) is 2. The van der Waals surface area contributed by atoms with Crippen LogP contribution in [0, 0.1) is 5.82 Å². The number of benzene rings is 2. The minimum Gasteiger partial charge on any atom is -0.494 e. The van der Waals surface area contributed by atoms with E-state index < -0.39 is 47.4 Å². The normalized spacial score (nSPS) is 17.1. The number of amides is 2. The summed E-state index contributed by atoms with van der Waals surface area (Å²) in [6.45, 7) is 0.368. The summed E-state index contributed by atoms with van der Waals surface area (Å²) in [7, 11) is 1.37. The Morgan fingerprint density at radius 3 is 2.54 bits per heavy atom. The van der Waals surface area contributed by atoms with Gasteiger partial charge in [-0.25, -0.2) is 14.4 Å². The average Bonchev–Trinajstić information content (AvgIpc) is 3.47. The number of nitrogens with one attached hydrogen (secondary N) is 1. The molecule has 14 heteroatoms.